The van der Waals surface area contributed by atoms with Gasteiger partial charge in [-0.25, -0.2) is 0 Å². The molecule has 0 fully saturated rings. The van der Waals surface area contributed by atoms with Crippen LogP contribution in [0, 0.1) is 0 Å². The maximum absolute atomic E-state index is 12.5. The van der Waals surface area contributed by atoms with E-state index in [0.29, 0.717) is 23.3 Å². The zero-order valence-corrected chi connectivity index (χ0v) is 15.6. The van der Waals surface area contributed by atoms with E-state index in [2.05, 4.69) is 15.5 Å². The highest BCUT2D eigenvalue weighted by atomic mass is 32.2. The van der Waals surface area contributed by atoms with Crippen molar-refractivity contribution in [3.8, 4) is 11.6 Å². The summed E-state index contributed by atoms with van der Waals surface area (Å²) < 4.78 is 7.35. The van der Waals surface area contributed by atoms with Gasteiger partial charge in [0.05, 0.1) is 12.0 Å². The quantitative estimate of drug-likeness (QED) is 0.502. The molecule has 0 saturated heterocycles. The van der Waals surface area contributed by atoms with E-state index >= 15 is 0 Å². The van der Waals surface area contributed by atoms with Gasteiger partial charge in [0.2, 0.25) is 5.91 Å². The minimum Gasteiger partial charge on any atom is -0.461 e. The number of furan rings is 1. The second-order valence-electron chi connectivity index (χ2n) is 5.89. The lowest BCUT2D eigenvalue weighted by Gasteiger charge is -2.09. The van der Waals surface area contributed by atoms with Crippen LogP contribution in [-0.2, 0) is 11.3 Å². The molecule has 0 saturated carbocycles. The van der Waals surface area contributed by atoms with Crippen LogP contribution in [0.1, 0.15) is 6.92 Å². The summed E-state index contributed by atoms with van der Waals surface area (Å²) >= 11 is 1.36. The van der Waals surface area contributed by atoms with Gasteiger partial charge < -0.3 is 9.73 Å². The molecule has 0 bridgehead atoms. The van der Waals surface area contributed by atoms with Crippen LogP contribution in [0.5, 0.6) is 0 Å². The highest BCUT2D eigenvalue weighted by Gasteiger charge is 2.16. The Balaban J connectivity index is 1.47. The van der Waals surface area contributed by atoms with E-state index < -0.39 is 0 Å². The summed E-state index contributed by atoms with van der Waals surface area (Å²) in [5.41, 5.74) is 0.812. The Hall–Kier alpha value is -3.06. The van der Waals surface area contributed by atoms with Crippen molar-refractivity contribution in [1.29, 1.82) is 0 Å². The molecule has 27 heavy (non-hydrogen) atoms. The van der Waals surface area contributed by atoms with Gasteiger partial charge in [0.15, 0.2) is 16.7 Å². The molecule has 6 nitrogen and oxygen atoms in total. The molecule has 0 spiro atoms. The first kappa shape index (κ1) is 17.4. The number of benzene rings is 2. The number of carbonyl (C=O) groups excluding carboxylic acids is 1. The Morgan fingerprint density at radius 3 is 2.78 bits per heavy atom. The number of hydrogen-bond acceptors (Lipinski definition) is 5. The Morgan fingerprint density at radius 1 is 1.11 bits per heavy atom. The van der Waals surface area contributed by atoms with Crippen LogP contribution in [0.3, 0.4) is 0 Å². The number of carbonyl (C=O) groups is 1. The van der Waals surface area contributed by atoms with Gasteiger partial charge in [-0.2, -0.15) is 0 Å². The summed E-state index contributed by atoms with van der Waals surface area (Å²) in [6, 6.07) is 17.5. The molecular formula is C20H18N4O2S. The first-order valence-corrected chi connectivity index (χ1v) is 9.62. The van der Waals surface area contributed by atoms with E-state index in [4.69, 9.17) is 4.42 Å². The van der Waals surface area contributed by atoms with Gasteiger partial charge in [-0.3, -0.25) is 9.36 Å². The summed E-state index contributed by atoms with van der Waals surface area (Å²) in [6.07, 6.45) is 1.61. The molecule has 7 heteroatoms. The van der Waals surface area contributed by atoms with Crippen molar-refractivity contribution >= 4 is 34.1 Å². The van der Waals surface area contributed by atoms with Crippen molar-refractivity contribution in [2.24, 2.45) is 0 Å². The van der Waals surface area contributed by atoms with Crippen LogP contribution in [-0.4, -0.2) is 26.4 Å². The van der Waals surface area contributed by atoms with Gasteiger partial charge in [-0.1, -0.05) is 48.2 Å². The molecule has 0 atom stereocenters. The summed E-state index contributed by atoms with van der Waals surface area (Å²) in [6.45, 7) is 2.70. The molecule has 0 radical (unpaired) electrons. The molecule has 2 heterocycles. The van der Waals surface area contributed by atoms with Crippen molar-refractivity contribution < 1.29 is 9.21 Å². The zero-order chi connectivity index (χ0) is 18.6. The summed E-state index contributed by atoms with van der Waals surface area (Å²) in [5.74, 6) is 1.50. The molecular weight excluding hydrogens is 360 g/mol. The first-order valence-electron chi connectivity index (χ1n) is 8.63. The number of amides is 1. The molecule has 4 aromatic rings. The lowest BCUT2D eigenvalue weighted by atomic mass is 10.1. The Kier molecular flexibility index (Phi) is 4.93. The summed E-state index contributed by atoms with van der Waals surface area (Å²) in [7, 11) is 0. The fourth-order valence-corrected chi connectivity index (χ4v) is 3.72. The van der Waals surface area contributed by atoms with Crippen LogP contribution in [0.4, 0.5) is 5.69 Å². The number of rotatable bonds is 6. The first-order chi connectivity index (χ1) is 13.3. The van der Waals surface area contributed by atoms with Crippen LogP contribution in [0.2, 0.25) is 0 Å². The SMILES string of the molecule is CCn1c(SCC(=O)Nc2cccc3ccccc23)nnc1-c1ccco1. The number of thioether (sulfide) groups is 1. The fourth-order valence-electron chi connectivity index (χ4n) is 2.92. The highest BCUT2D eigenvalue weighted by Crippen LogP contribution is 2.26. The smallest absolute Gasteiger partial charge is 0.234 e. The molecule has 0 unspecified atom stereocenters. The molecule has 1 amide bonds. The van der Waals surface area contributed by atoms with Crippen LogP contribution >= 0.6 is 11.8 Å². The van der Waals surface area contributed by atoms with Crippen molar-refractivity contribution in [2.45, 2.75) is 18.6 Å². The molecule has 2 aromatic heterocycles. The maximum atomic E-state index is 12.5. The molecule has 136 valence electrons. The fraction of sp³-hybridized carbons (Fsp3) is 0.150. The van der Waals surface area contributed by atoms with Crippen molar-refractivity contribution in [1.82, 2.24) is 14.8 Å². The topological polar surface area (TPSA) is 73.0 Å². The van der Waals surface area contributed by atoms with Crippen LogP contribution < -0.4 is 5.32 Å². The van der Waals surface area contributed by atoms with Crippen LogP contribution in [0.25, 0.3) is 22.4 Å². The van der Waals surface area contributed by atoms with Gasteiger partial charge in [0.25, 0.3) is 0 Å². The normalized spacial score (nSPS) is 11.0. The van der Waals surface area contributed by atoms with E-state index in [9.17, 15) is 4.79 Å². The third-order valence-corrected chi connectivity index (χ3v) is 5.14. The van der Waals surface area contributed by atoms with E-state index in [1.807, 2.05) is 66.1 Å². The molecule has 0 aliphatic carbocycles. The number of aromatic nitrogens is 3. The maximum Gasteiger partial charge on any atom is 0.234 e. The molecule has 0 aliphatic rings. The number of nitrogens with zero attached hydrogens (tertiary/aromatic N) is 3. The van der Waals surface area contributed by atoms with E-state index in [0.717, 1.165) is 16.5 Å². The van der Waals surface area contributed by atoms with Crippen molar-refractivity contribution in [3.05, 3.63) is 60.9 Å². The number of nitrogens with one attached hydrogen (secondary N) is 1. The number of anilines is 1. The zero-order valence-electron chi connectivity index (χ0n) is 14.8. The van der Waals surface area contributed by atoms with Gasteiger partial charge in [-0.05, 0) is 30.5 Å². The average molecular weight is 378 g/mol. The highest BCUT2D eigenvalue weighted by molar-refractivity contribution is 7.99. The van der Waals surface area contributed by atoms with Crippen molar-refractivity contribution in [3.63, 3.8) is 0 Å². The van der Waals surface area contributed by atoms with E-state index in [1.54, 1.807) is 6.26 Å². The average Bonchev–Trinajstić information content (AvgIpc) is 3.36. The minimum absolute atomic E-state index is 0.0819. The Labute approximate surface area is 160 Å². The number of hydrogen-bond donors (Lipinski definition) is 1. The third-order valence-electron chi connectivity index (χ3n) is 4.17. The van der Waals surface area contributed by atoms with Crippen molar-refractivity contribution in [2.75, 3.05) is 11.1 Å². The lowest BCUT2D eigenvalue weighted by molar-refractivity contribution is -0.113. The Morgan fingerprint density at radius 2 is 1.96 bits per heavy atom. The van der Waals surface area contributed by atoms with Gasteiger partial charge in [-0.15, -0.1) is 10.2 Å². The minimum atomic E-state index is -0.0819. The standard InChI is InChI=1S/C20H18N4O2S/c1-2-24-19(17-11-6-12-26-17)22-23-20(24)27-13-18(25)21-16-10-5-8-14-7-3-4-9-15(14)16/h3-12H,2,13H2,1H3,(H,21,25). The van der Waals surface area contributed by atoms with Gasteiger partial charge >= 0.3 is 0 Å². The predicted molar refractivity (Wildman–Crippen MR) is 107 cm³/mol. The Bertz CT molecular complexity index is 1070. The molecule has 0 aliphatic heterocycles. The summed E-state index contributed by atoms with van der Waals surface area (Å²) in [4.78, 5) is 12.5. The predicted octanol–water partition coefficient (Wildman–Crippen LogP) is 4.44. The van der Waals surface area contributed by atoms with E-state index in [-0.39, 0.29) is 11.7 Å². The molecule has 2 aromatic carbocycles. The molecule has 4 rings (SSSR count). The van der Waals surface area contributed by atoms with Gasteiger partial charge in [0.1, 0.15) is 0 Å². The van der Waals surface area contributed by atoms with E-state index in [1.165, 1.54) is 11.8 Å². The second-order valence-corrected chi connectivity index (χ2v) is 6.83. The molecule has 1 N–H and O–H groups in total. The van der Waals surface area contributed by atoms with Crippen LogP contribution in [0.15, 0.2) is 70.4 Å². The third kappa shape index (κ3) is 3.59. The lowest BCUT2D eigenvalue weighted by Crippen LogP contribution is -2.15. The van der Waals surface area contributed by atoms with Gasteiger partial charge in [0, 0.05) is 17.6 Å². The number of fused-ring (bicyclic) bond motifs is 1. The second kappa shape index (κ2) is 7.67. The summed E-state index contributed by atoms with van der Waals surface area (Å²) in [5, 5.41) is 14.2. The largest absolute Gasteiger partial charge is 0.461 e. The monoisotopic (exact) mass is 378 g/mol.